The molecule has 0 N–H and O–H groups in total. The minimum absolute atomic E-state index is 0.0307. The van der Waals surface area contributed by atoms with Crippen molar-refractivity contribution in [3.63, 3.8) is 0 Å². The summed E-state index contributed by atoms with van der Waals surface area (Å²) in [5, 5.41) is 54.9. The van der Waals surface area contributed by atoms with E-state index in [0.29, 0.717) is 11.1 Å². The second-order valence-corrected chi connectivity index (χ2v) is 37.4. The van der Waals surface area contributed by atoms with E-state index in [1.54, 1.807) is 69.3 Å². The largest absolute Gasteiger partial charge is 0.573 e. The first-order valence-corrected chi connectivity index (χ1v) is 45.2. The molecule has 744 valence electrons. The van der Waals surface area contributed by atoms with Crippen molar-refractivity contribution in [2.45, 2.75) is 136 Å². The minimum atomic E-state index is -5.48. The Balaban J connectivity index is 0.000000185. The number of nitrogens with zero attached hydrogens (tertiary/aromatic N) is 12. The highest BCUT2D eigenvalue weighted by Gasteiger charge is 2.52. The molecule has 9 aromatic rings. The van der Waals surface area contributed by atoms with Gasteiger partial charge in [0.05, 0.1) is 27.8 Å². The first-order valence-electron chi connectivity index (χ1n) is 41.2. The van der Waals surface area contributed by atoms with Gasteiger partial charge in [0.1, 0.15) is 104 Å². The van der Waals surface area contributed by atoms with Gasteiger partial charge in [0.15, 0.2) is 0 Å². The van der Waals surface area contributed by atoms with Gasteiger partial charge >= 0.3 is 70.1 Å². The summed E-state index contributed by atoms with van der Waals surface area (Å²) in [5.74, 6) is -4.00. The van der Waals surface area contributed by atoms with Crippen molar-refractivity contribution in [3.8, 4) is 47.9 Å². The summed E-state index contributed by atoms with van der Waals surface area (Å²) in [6.07, 6.45) is -26.0. The highest BCUT2D eigenvalue weighted by Crippen LogP contribution is 2.53. The smallest absolute Gasteiger partial charge is 0.405 e. The van der Waals surface area contributed by atoms with Gasteiger partial charge in [-0.05, 0) is 245 Å². The number of thioether (sulfide) groups is 5. The Kier molecular flexibility index (Phi) is 30.6. The Morgan fingerprint density at radius 2 is 0.453 bits per heavy atom. The normalized spacial score (nSPS) is 14.0. The zero-order valence-corrected chi connectivity index (χ0v) is 78.1. The van der Waals surface area contributed by atoms with Crippen molar-refractivity contribution in [2.24, 2.45) is 0 Å². The lowest BCUT2D eigenvalue weighted by Crippen LogP contribution is -2.36. The van der Waals surface area contributed by atoms with E-state index in [0.717, 1.165) is 78.4 Å². The molecule has 0 fully saturated rings. The number of halogens is 27. The van der Waals surface area contributed by atoms with Crippen LogP contribution in [0.5, 0.6) is 11.5 Å². The van der Waals surface area contributed by atoms with E-state index in [9.17, 15) is 124 Å². The summed E-state index contributed by atoms with van der Waals surface area (Å²) in [5.41, 5.74) is -34.0. The Hall–Kier alpha value is -16.0. The fraction of sp³-hybridized carbons (Fsp3) is 0.176. The molecule has 148 heavy (non-hydrogen) atoms. The molecule has 6 aliphatic carbocycles. The maximum Gasteiger partial charge on any atom is 0.573 e. The van der Waals surface area contributed by atoms with Crippen LogP contribution in [0.25, 0.3) is 62.5 Å². The summed E-state index contributed by atoms with van der Waals surface area (Å²) in [7, 11) is 0. The van der Waals surface area contributed by atoms with Gasteiger partial charge in [-0.15, -0.1) is 26.3 Å². The van der Waals surface area contributed by atoms with Crippen molar-refractivity contribution < 1.29 is 128 Å². The van der Waals surface area contributed by atoms with E-state index >= 15 is 26.3 Å². The second-order valence-electron chi connectivity index (χ2n) is 31.8. The fourth-order valence-corrected chi connectivity index (χ4v) is 21.2. The molecular weight excluding hydrogens is 2100 g/mol. The van der Waals surface area contributed by atoms with Gasteiger partial charge in [0.2, 0.25) is 0 Å². The van der Waals surface area contributed by atoms with Crippen LogP contribution in [0.15, 0.2) is 238 Å². The number of allylic oxidation sites excluding steroid dienone is 9. The van der Waals surface area contributed by atoms with Crippen LogP contribution in [0.2, 0.25) is 0 Å². The molecule has 0 unspecified atom stereocenters. The van der Waals surface area contributed by atoms with Crippen LogP contribution in [0.4, 0.5) is 119 Å². The number of rotatable bonds is 13. The molecule has 9 aromatic carbocycles. The molecule has 0 aliphatic heterocycles. The minimum Gasteiger partial charge on any atom is -0.405 e. The van der Waals surface area contributed by atoms with Gasteiger partial charge in [0.25, 0.3) is 0 Å². The van der Waals surface area contributed by atoms with E-state index in [1.807, 2.05) is 0 Å². The molecule has 6 aliphatic rings. The second kappa shape index (κ2) is 41.5. The summed E-state index contributed by atoms with van der Waals surface area (Å²) in [6, 6.07) is 39.6. The number of ether oxygens (including phenoxy) is 2. The molecule has 0 bridgehead atoms. The molecule has 15 rings (SSSR count). The number of hydrogen-bond donors (Lipinski definition) is 0. The first-order chi connectivity index (χ1) is 69.2. The topological polar surface area (TPSA) is 187 Å². The van der Waals surface area contributed by atoms with Crippen LogP contribution in [0.1, 0.15) is 94.6 Å². The molecule has 0 radical (unpaired) electrons. The summed E-state index contributed by atoms with van der Waals surface area (Å²) in [4.78, 5) is 16.9. The molecule has 0 heterocycles. The molecular formula is C102H45F27N12O2S5. The van der Waals surface area contributed by atoms with Crippen LogP contribution < -0.4 is 40.8 Å². The summed E-state index contributed by atoms with van der Waals surface area (Å²) < 4.78 is 390. The van der Waals surface area contributed by atoms with Crippen LogP contribution in [-0.4, -0.2) is 40.3 Å². The third kappa shape index (κ3) is 22.9. The lowest BCUT2D eigenvalue weighted by atomic mass is 9.90. The summed E-state index contributed by atoms with van der Waals surface area (Å²) in [6.45, 7) is 50.4. The van der Waals surface area contributed by atoms with Crippen molar-refractivity contribution in [2.75, 3.05) is 0 Å². The monoisotopic (exact) mass is 2140 g/mol. The Bertz CT molecular complexity index is 7960. The van der Waals surface area contributed by atoms with Gasteiger partial charge < -0.3 is 9.47 Å². The molecule has 0 saturated carbocycles. The van der Waals surface area contributed by atoms with Gasteiger partial charge in [-0.1, -0.05) is 126 Å². The Labute approximate surface area is 838 Å². The zero-order chi connectivity index (χ0) is 109. The number of hydrogen-bond acceptors (Lipinski definition) is 13. The van der Waals surface area contributed by atoms with Crippen LogP contribution in [0, 0.1) is 128 Å². The molecule has 0 amide bonds. The molecule has 46 heteroatoms. The Morgan fingerprint density at radius 3 is 0.689 bits per heavy atom. The van der Waals surface area contributed by atoms with E-state index in [4.69, 9.17) is 39.4 Å². The van der Waals surface area contributed by atoms with Crippen LogP contribution in [0.3, 0.4) is 0 Å². The number of aryl methyl sites for hydroxylation is 3. The summed E-state index contributed by atoms with van der Waals surface area (Å²) >= 11 is -2.75. The van der Waals surface area contributed by atoms with E-state index < -0.39 is 271 Å². The van der Waals surface area contributed by atoms with Crippen molar-refractivity contribution in [3.05, 3.63) is 408 Å². The van der Waals surface area contributed by atoms with Crippen LogP contribution in [-0.2, 0) is 50.9 Å². The molecule has 0 aromatic heterocycles. The van der Waals surface area contributed by atoms with Crippen molar-refractivity contribution >= 4 is 92.2 Å². The molecule has 0 spiro atoms. The lowest BCUT2D eigenvalue weighted by molar-refractivity contribution is -0.277. The van der Waals surface area contributed by atoms with Gasteiger partial charge in [0, 0.05) is 82.2 Å². The average molecular weight is 2140 g/mol. The van der Waals surface area contributed by atoms with Crippen molar-refractivity contribution in [1.82, 2.24) is 0 Å². The van der Waals surface area contributed by atoms with E-state index in [2.05, 4.69) is 38.5 Å². The third-order valence-corrected chi connectivity index (χ3v) is 27.0. The van der Waals surface area contributed by atoms with Crippen molar-refractivity contribution in [1.29, 1.82) is 31.6 Å². The van der Waals surface area contributed by atoms with Gasteiger partial charge in [-0.3, -0.25) is 0 Å². The predicted octanol–water partition coefficient (Wildman–Crippen LogP) is 26.6. The predicted molar refractivity (Wildman–Crippen MR) is 486 cm³/mol. The standard InChI is InChI=1S/C34H15F9N4O2S.C34H15F9N4S3.C34H15F9N4S/c1-16-4-6-17(7-5-16)26-24(31(46-2)47-3)13-23-28(26)29(48-32(35,36)37)22-12-21(19(14-44)15-45)25(27(22)30(23)49-33(38,39)40)18-8-10-20(11-9-18)50-34(41,42)43;1-16-4-6-17(7-5-16)26-24(31(46-2)47-3)13-23-28(26)29(49-33(38,39)40)22-12-21(19(14-44)15-45)25(27(22)30(23)50-34(41,42)43)18-8-10-20(11-9-18)48-32(35,36)37;1-16-4-6-17(7-5-16)26-24(31(46-2)47-3)13-23-28(26)29(32(35,36)37)22-12-21(19(14-44)15-45)25(27(22)30(23)33(38,39)40)18-8-10-20(11-9-18)48-34(41,42)43/h2*4-11H,12-13H2,1H3;4-11H,12-13H2,1H3. The highest BCUT2D eigenvalue weighted by molar-refractivity contribution is 8.01. The number of nitriles is 6. The van der Waals surface area contributed by atoms with Gasteiger partial charge in [-0.2, -0.15) is 153 Å². The lowest BCUT2D eigenvalue weighted by Gasteiger charge is -2.19. The molecule has 14 nitrogen and oxygen atoms in total. The maximum absolute atomic E-state index is 15.3. The first kappa shape index (κ1) is 109. The Morgan fingerprint density at radius 1 is 0.257 bits per heavy atom. The maximum atomic E-state index is 15.3. The average Bonchev–Trinajstić information content (AvgIpc) is 1.54. The fourth-order valence-electron chi connectivity index (χ4n) is 17.8. The van der Waals surface area contributed by atoms with E-state index in [1.165, 1.54) is 60.7 Å². The van der Waals surface area contributed by atoms with Gasteiger partial charge in [-0.25, -0.2) is 0 Å². The highest BCUT2D eigenvalue weighted by atomic mass is 32.2. The SMILES string of the molecule is [C-]#[N+]C([N+]#[C-])=C1Cc2c(C(F)(F)F)c3c(c(C(F)(F)F)c2=C1c1ccc(C)cc1)CC(=C(C#N)C#N)C=3c1ccc(SC(F)(F)F)cc1.[C-]#[N+]C([N+]#[C-])=C1Cc2c(OC(F)(F)F)c3c(c(OC(F)(F)F)c2=C1c1ccc(C)cc1)CC(=C(C#N)C#N)C=3c1ccc(SC(F)(F)F)cc1.[C-]#[N+]C([N+]#[C-])=C1Cc2c(SC(F)(F)F)c3c(c(SC(F)(F)F)c2=C1c1ccc(C)cc1)CC(=C(C#N)C#N)C=3c1ccc(SC(F)(F)F)cc1. The molecule has 0 atom stereocenters. The number of alkyl halides is 27. The zero-order valence-electron chi connectivity index (χ0n) is 74.0. The molecule has 0 saturated heterocycles. The van der Waals surface area contributed by atoms with E-state index in [-0.39, 0.29) is 125 Å². The number of fused-ring (bicyclic) bond motifs is 6. The number of benzene rings is 9. The third-order valence-electron chi connectivity index (χ3n) is 23.0. The quantitative estimate of drug-likeness (QED) is 0.0459. The van der Waals surface area contributed by atoms with Crippen LogP contribution >= 0.6 is 58.8 Å².